The van der Waals surface area contributed by atoms with E-state index in [4.69, 9.17) is 14.9 Å². The zero-order valence-electron chi connectivity index (χ0n) is 9.42. The Morgan fingerprint density at radius 2 is 1.82 bits per heavy atom. The van der Waals surface area contributed by atoms with Crippen LogP contribution in [-0.2, 0) is 16.0 Å². The van der Waals surface area contributed by atoms with Gasteiger partial charge in [-0.1, -0.05) is 12.1 Å². The highest BCUT2D eigenvalue weighted by atomic mass is 16.5. The first kappa shape index (κ1) is 13.2. The monoisotopic (exact) mass is 238 g/mol. The predicted octanol–water partition coefficient (Wildman–Crippen LogP) is 1.42. The van der Waals surface area contributed by atoms with Crippen LogP contribution < -0.4 is 0 Å². The predicted molar refractivity (Wildman–Crippen MR) is 60.2 cm³/mol. The van der Waals surface area contributed by atoms with Crippen LogP contribution >= 0.6 is 0 Å². The van der Waals surface area contributed by atoms with Gasteiger partial charge in [0.2, 0.25) is 0 Å². The summed E-state index contributed by atoms with van der Waals surface area (Å²) in [5.74, 6) is -2.02. The molecule has 0 aliphatic rings. The standard InChI is InChI=1S/C12H14O5/c1-2-17-10(12(15)16)7-8-3-5-9(6-4-8)11(13)14/h3-6,10H,2,7H2,1H3,(H,13,14)(H,15,16). The highest BCUT2D eigenvalue weighted by molar-refractivity contribution is 5.87. The van der Waals surface area contributed by atoms with Gasteiger partial charge in [0, 0.05) is 13.0 Å². The van der Waals surface area contributed by atoms with Gasteiger partial charge in [-0.05, 0) is 24.6 Å². The van der Waals surface area contributed by atoms with Crippen LogP contribution in [0.2, 0.25) is 0 Å². The molecule has 1 aromatic rings. The maximum Gasteiger partial charge on any atom is 0.335 e. The van der Waals surface area contributed by atoms with Gasteiger partial charge in [0.05, 0.1) is 5.56 Å². The van der Waals surface area contributed by atoms with Crippen LogP contribution in [-0.4, -0.2) is 34.9 Å². The molecule has 0 aliphatic heterocycles. The molecular weight excluding hydrogens is 224 g/mol. The average molecular weight is 238 g/mol. The number of carbonyl (C=O) groups is 2. The van der Waals surface area contributed by atoms with Crippen molar-refractivity contribution in [3.05, 3.63) is 35.4 Å². The number of ether oxygens (including phenoxy) is 1. The normalized spacial score (nSPS) is 12.1. The fourth-order valence-corrected chi connectivity index (χ4v) is 1.42. The Morgan fingerprint density at radius 1 is 1.24 bits per heavy atom. The minimum atomic E-state index is -1.02. The number of carboxylic acids is 2. The summed E-state index contributed by atoms with van der Waals surface area (Å²) in [6.07, 6.45) is -0.668. The molecule has 1 rings (SSSR count). The van der Waals surface area contributed by atoms with Gasteiger partial charge in [-0.15, -0.1) is 0 Å². The molecule has 1 unspecified atom stereocenters. The molecule has 1 atom stereocenters. The third-order valence-corrected chi connectivity index (χ3v) is 2.27. The Hall–Kier alpha value is -1.88. The third kappa shape index (κ3) is 3.88. The van der Waals surface area contributed by atoms with E-state index in [1.54, 1.807) is 19.1 Å². The van der Waals surface area contributed by atoms with Crippen molar-refractivity contribution < 1.29 is 24.5 Å². The van der Waals surface area contributed by atoms with Crippen LogP contribution in [0.15, 0.2) is 24.3 Å². The van der Waals surface area contributed by atoms with Crippen molar-refractivity contribution in [1.29, 1.82) is 0 Å². The maximum atomic E-state index is 10.8. The molecule has 0 aliphatic carbocycles. The Balaban J connectivity index is 2.73. The second-order valence-corrected chi connectivity index (χ2v) is 3.49. The number of rotatable bonds is 6. The molecule has 17 heavy (non-hydrogen) atoms. The van der Waals surface area contributed by atoms with Crippen LogP contribution in [0.25, 0.3) is 0 Å². The smallest absolute Gasteiger partial charge is 0.335 e. The lowest BCUT2D eigenvalue weighted by atomic mass is 10.1. The van der Waals surface area contributed by atoms with E-state index >= 15 is 0 Å². The second kappa shape index (κ2) is 6.00. The summed E-state index contributed by atoms with van der Waals surface area (Å²) < 4.78 is 5.07. The van der Waals surface area contributed by atoms with E-state index < -0.39 is 18.0 Å². The minimum absolute atomic E-state index is 0.178. The molecule has 0 aromatic heterocycles. The third-order valence-electron chi connectivity index (χ3n) is 2.27. The van der Waals surface area contributed by atoms with E-state index in [0.717, 1.165) is 5.56 Å². The van der Waals surface area contributed by atoms with Crippen molar-refractivity contribution in [2.75, 3.05) is 6.61 Å². The molecule has 1 aromatic carbocycles. The van der Waals surface area contributed by atoms with E-state index in [1.807, 2.05) is 0 Å². The van der Waals surface area contributed by atoms with Crippen LogP contribution in [0.4, 0.5) is 0 Å². The number of hydrogen-bond donors (Lipinski definition) is 2. The SMILES string of the molecule is CCOC(Cc1ccc(C(=O)O)cc1)C(=O)O. The summed E-state index contributed by atoms with van der Waals surface area (Å²) in [5.41, 5.74) is 0.910. The van der Waals surface area contributed by atoms with Gasteiger partial charge in [0.1, 0.15) is 0 Å². The maximum absolute atomic E-state index is 10.8. The molecule has 0 fully saturated rings. The van der Waals surface area contributed by atoms with Gasteiger partial charge in [-0.25, -0.2) is 9.59 Å². The van der Waals surface area contributed by atoms with Gasteiger partial charge in [0.25, 0.3) is 0 Å². The number of aromatic carboxylic acids is 1. The number of hydrogen-bond acceptors (Lipinski definition) is 3. The quantitative estimate of drug-likeness (QED) is 0.783. The fourth-order valence-electron chi connectivity index (χ4n) is 1.42. The summed E-state index contributed by atoms with van der Waals surface area (Å²) in [4.78, 5) is 21.5. The first-order chi connectivity index (χ1) is 8.04. The highest BCUT2D eigenvalue weighted by Gasteiger charge is 2.17. The van der Waals surface area contributed by atoms with Gasteiger partial charge in [-0.2, -0.15) is 0 Å². The second-order valence-electron chi connectivity index (χ2n) is 3.49. The average Bonchev–Trinajstić information content (AvgIpc) is 2.29. The summed E-state index contributed by atoms with van der Waals surface area (Å²) >= 11 is 0. The molecule has 5 heteroatoms. The summed E-state index contributed by atoms with van der Waals surface area (Å²) in [7, 11) is 0. The van der Waals surface area contributed by atoms with Crippen molar-refractivity contribution in [2.24, 2.45) is 0 Å². The zero-order chi connectivity index (χ0) is 12.8. The first-order valence-electron chi connectivity index (χ1n) is 5.21. The lowest BCUT2D eigenvalue weighted by Gasteiger charge is -2.12. The zero-order valence-corrected chi connectivity index (χ0v) is 9.42. The molecule has 0 amide bonds. The number of carboxylic acid groups (broad SMARTS) is 2. The van der Waals surface area contributed by atoms with Crippen LogP contribution in [0, 0.1) is 0 Å². The lowest BCUT2D eigenvalue weighted by Crippen LogP contribution is -2.26. The van der Waals surface area contributed by atoms with E-state index in [2.05, 4.69) is 0 Å². The molecular formula is C12H14O5. The Morgan fingerprint density at radius 3 is 2.24 bits per heavy atom. The van der Waals surface area contributed by atoms with E-state index in [0.29, 0.717) is 6.61 Å². The summed E-state index contributed by atoms with van der Waals surface area (Å²) in [6, 6.07) is 6.09. The Kier molecular flexibility index (Phi) is 4.66. The van der Waals surface area contributed by atoms with Crippen molar-refractivity contribution in [3.8, 4) is 0 Å². The number of benzene rings is 1. The molecule has 0 saturated heterocycles. The number of aliphatic carboxylic acids is 1. The van der Waals surface area contributed by atoms with Gasteiger partial charge in [0.15, 0.2) is 6.10 Å². The van der Waals surface area contributed by atoms with E-state index in [-0.39, 0.29) is 12.0 Å². The lowest BCUT2D eigenvalue weighted by molar-refractivity contribution is -0.149. The largest absolute Gasteiger partial charge is 0.479 e. The molecule has 0 radical (unpaired) electrons. The molecule has 0 heterocycles. The first-order valence-corrected chi connectivity index (χ1v) is 5.21. The van der Waals surface area contributed by atoms with Gasteiger partial charge in [-0.3, -0.25) is 0 Å². The minimum Gasteiger partial charge on any atom is -0.479 e. The Labute approximate surface area is 98.6 Å². The molecule has 0 spiro atoms. The molecule has 0 bridgehead atoms. The van der Waals surface area contributed by atoms with Crippen molar-refractivity contribution in [2.45, 2.75) is 19.4 Å². The van der Waals surface area contributed by atoms with E-state index in [1.165, 1.54) is 12.1 Å². The van der Waals surface area contributed by atoms with Crippen molar-refractivity contribution >= 4 is 11.9 Å². The Bertz CT molecular complexity index is 396. The van der Waals surface area contributed by atoms with Crippen molar-refractivity contribution in [1.82, 2.24) is 0 Å². The van der Waals surface area contributed by atoms with Crippen LogP contribution in [0.5, 0.6) is 0 Å². The highest BCUT2D eigenvalue weighted by Crippen LogP contribution is 2.09. The fraction of sp³-hybridized carbons (Fsp3) is 0.333. The van der Waals surface area contributed by atoms with Crippen molar-refractivity contribution in [3.63, 3.8) is 0 Å². The summed E-state index contributed by atoms with van der Waals surface area (Å²) in [6.45, 7) is 2.05. The van der Waals surface area contributed by atoms with Crippen LogP contribution in [0.1, 0.15) is 22.8 Å². The summed E-state index contributed by atoms with van der Waals surface area (Å²) in [5, 5.41) is 17.6. The van der Waals surface area contributed by atoms with Crippen LogP contribution in [0.3, 0.4) is 0 Å². The molecule has 5 nitrogen and oxygen atoms in total. The van der Waals surface area contributed by atoms with Gasteiger partial charge >= 0.3 is 11.9 Å². The molecule has 2 N–H and O–H groups in total. The molecule has 92 valence electrons. The molecule has 0 saturated carbocycles. The van der Waals surface area contributed by atoms with E-state index in [9.17, 15) is 9.59 Å². The topological polar surface area (TPSA) is 83.8 Å². The van der Waals surface area contributed by atoms with Gasteiger partial charge < -0.3 is 14.9 Å².